The topological polar surface area (TPSA) is 52.3 Å². The molecular weight excluding hydrogens is 442 g/mol. The lowest BCUT2D eigenvalue weighted by atomic mass is 9.37. The Morgan fingerprint density at radius 3 is 2.33 bits per heavy atom. The van der Waals surface area contributed by atoms with Crippen LogP contribution in [0.4, 0.5) is 0 Å². The molecule has 196 valence electrons. The summed E-state index contributed by atoms with van der Waals surface area (Å²) in [6.45, 7) is 10.3. The minimum atomic E-state index is -0.264. The van der Waals surface area contributed by atoms with Gasteiger partial charge in [0.25, 0.3) is 0 Å². The normalized spacial score (nSPS) is 44.9. The van der Waals surface area contributed by atoms with Crippen molar-refractivity contribution in [3.8, 4) is 0 Å². The fraction of sp³-hybridized carbons (Fsp3) is 0.727. The van der Waals surface area contributed by atoms with Gasteiger partial charge in [0, 0.05) is 5.54 Å². The number of methoxy groups -OCH3 is 1. The molecule has 0 heterocycles. The highest BCUT2D eigenvalue weighted by Gasteiger charge is 2.65. The summed E-state index contributed by atoms with van der Waals surface area (Å²) in [6, 6.07) is 8.11. The first kappa shape index (κ1) is 24.7. The number of hydrogen-bond donors (Lipinski definition) is 1. The lowest BCUT2D eigenvalue weighted by Crippen LogP contribution is -2.62. The fourth-order valence-electron chi connectivity index (χ4n) is 11.3. The van der Waals surface area contributed by atoms with Gasteiger partial charge in [0.15, 0.2) is 0 Å². The first-order valence-electron chi connectivity index (χ1n) is 14.7. The Hall–Kier alpha value is -1.61. The number of hydrogen-bond acceptors (Lipinski definition) is 3. The van der Waals surface area contributed by atoms with Crippen molar-refractivity contribution in [2.45, 2.75) is 97.4 Å². The number of carbonyl (C=O) groups is 1. The van der Waals surface area contributed by atoms with E-state index in [4.69, 9.17) is 10.5 Å². The van der Waals surface area contributed by atoms with Crippen molar-refractivity contribution in [3.05, 3.63) is 41.5 Å². The molecular formula is C33H47NO2. The number of allylic oxidation sites excluding steroid dienone is 2. The van der Waals surface area contributed by atoms with Gasteiger partial charge in [-0.05, 0) is 127 Å². The molecule has 4 fully saturated rings. The van der Waals surface area contributed by atoms with Crippen molar-refractivity contribution >= 4 is 11.5 Å². The third-order valence-electron chi connectivity index (χ3n) is 12.8. The van der Waals surface area contributed by atoms with Gasteiger partial charge >= 0.3 is 5.97 Å². The number of esters is 1. The van der Waals surface area contributed by atoms with Crippen LogP contribution in [0, 0.1) is 45.8 Å². The Balaban J connectivity index is 1.31. The van der Waals surface area contributed by atoms with Gasteiger partial charge in [-0.25, -0.2) is 4.79 Å². The van der Waals surface area contributed by atoms with Gasteiger partial charge in [0.05, 0.1) is 12.7 Å². The SMILES string of the molecule is COC(=O)c1ccc(C2=CCC3(C)C(CCC4(C)C5CCC6(N)CCCC6C5CCC43)C2(C)C)cc1. The highest BCUT2D eigenvalue weighted by atomic mass is 16.5. The molecule has 0 aliphatic heterocycles. The largest absolute Gasteiger partial charge is 0.465 e. The Bertz CT molecular complexity index is 1070. The maximum atomic E-state index is 12.0. The lowest BCUT2D eigenvalue weighted by Gasteiger charge is -2.68. The third kappa shape index (κ3) is 3.30. The van der Waals surface area contributed by atoms with Gasteiger partial charge < -0.3 is 10.5 Å². The smallest absolute Gasteiger partial charge is 0.337 e. The number of nitrogens with two attached hydrogens (primary N) is 1. The summed E-state index contributed by atoms with van der Waals surface area (Å²) in [5.74, 6) is 3.73. The van der Waals surface area contributed by atoms with Crippen molar-refractivity contribution in [2.75, 3.05) is 7.11 Å². The third-order valence-corrected chi connectivity index (χ3v) is 12.8. The summed E-state index contributed by atoms with van der Waals surface area (Å²) in [7, 11) is 1.45. The predicted molar refractivity (Wildman–Crippen MR) is 146 cm³/mol. The van der Waals surface area contributed by atoms with E-state index in [0.29, 0.717) is 22.3 Å². The van der Waals surface area contributed by atoms with E-state index in [9.17, 15) is 4.79 Å². The van der Waals surface area contributed by atoms with Crippen LogP contribution in [0.3, 0.4) is 0 Å². The van der Waals surface area contributed by atoms with Crippen LogP contribution < -0.4 is 5.73 Å². The maximum Gasteiger partial charge on any atom is 0.337 e. The zero-order chi connectivity index (χ0) is 25.5. The van der Waals surface area contributed by atoms with Gasteiger partial charge in [-0.15, -0.1) is 0 Å². The molecule has 8 unspecified atom stereocenters. The molecule has 1 aromatic rings. The van der Waals surface area contributed by atoms with E-state index in [-0.39, 0.29) is 16.9 Å². The van der Waals surface area contributed by atoms with Crippen LogP contribution in [0.25, 0.3) is 5.57 Å². The van der Waals surface area contributed by atoms with Crippen molar-refractivity contribution in [2.24, 2.45) is 51.6 Å². The maximum absolute atomic E-state index is 12.0. The van der Waals surface area contributed by atoms with Crippen molar-refractivity contribution < 1.29 is 9.53 Å². The second-order valence-corrected chi connectivity index (χ2v) is 14.4. The van der Waals surface area contributed by atoms with Crippen LogP contribution in [0.1, 0.15) is 108 Å². The zero-order valence-electron chi connectivity index (χ0n) is 23.2. The Kier molecular flexibility index (Phi) is 5.62. The van der Waals surface area contributed by atoms with Crippen LogP contribution in [-0.4, -0.2) is 18.6 Å². The Morgan fingerprint density at radius 2 is 1.61 bits per heavy atom. The van der Waals surface area contributed by atoms with Crippen LogP contribution in [0.5, 0.6) is 0 Å². The zero-order valence-corrected chi connectivity index (χ0v) is 23.2. The number of benzene rings is 1. The van der Waals surface area contributed by atoms with E-state index in [2.05, 4.69) is 45.9 Å². The molecule has 1 aromatic carbocycles. The van der Waals surface area contributed by atoms with E-state index >= 15 is 0 Å². The van der Waals surface area contributed by atoms with Gasteiger partial charge in [0.1, 0.15) is 0 Å². The summed E-state index contributed by atoms with van der Waals surface area (Å²) in [5.41, 5.74) is 11.5. The fourth-order valence-corrected chi connectivity index (χ4v) is 11.3. The van der Waals surface area contributed by atoms with Crippen molar-refractivity contribution in [1.29, 1.82) is 0 Å². The van der Waals surface area contributed by atoms with E-state index in [1.165, 1.54) is 82.5 Å². The van der Waals surface area contributed by atoms with Gasteiger partial charge in [-0.1, -0.05) is 52.3 Å². The molecule has 0 bridgehead atoms. The van der Waals surface area contributed by atoms with E-state index in [1.54, 1.807) is 0 Å². The molecule has 0 amide bonds. The highest BCUT2D eigenvalue weighted by Crippen LogP contribution is 2.72. The highest BCUT2D eigenvalue weighted by molar-refractivity contribution is 5.89. The number of ether oxygens (including phenoxy) is 1. The first-order chi connectivity index (χ1) is 17.0. The van der Waals surface area contributed by atoms with E-state index in [1.807, 2.05) is 12.1 Å². The minimum absolute atomic E-state index is 0.113. The molecule has 5 aliphatic carbocycles. The molecule has 0 spiro atoms. The van der Waals surface area contributed by atoms with E-state index in [0.717, 1.165) is 23.7 Å². The summed E-state index contributed by atoms with van der Waals surface area (Å²) < 4.78 is 4.91. The van der Waals surface area contributed by atoms with Crippen LogP contribution >= 0.6 is 0 Å². The summed E-state index contributed by atoms with van der Waals surface area (Å²) in [4.78, 5) is 12.0. The lowest BCUT2D eigenvalue weighted by molar-refractivity contribution is -0.170. The second-order valence-electron chi connectivity index (χ2n) is 14.4. The summed E-state index contributed by atoms with van der Waals surface area (Å²) in [6.07, 6.45) is 15.9. The number of carbonyl (C=O) groups excluding carboxylic acids is 1. The number of fused-ring (bicyclic) bond motifs is 7. The first-order valence-corrected chi connectivity index (χ1v) is 14.7. The average molecular weight is 490 g/mol. The van der Waals surface area contributed by atoms with Gasteiger partial charge in [-0.2, -0.15) is 0 Å². The monoisotopic (exact) mass is 489 g/mol. The molecule has 0 aromatic heterocycles. The quantitative estimate of drug-likeness (QED) is 0.434. The molecule has 0 radical (unpaired) electrons. The van der Waals surface area contributed by atoms with Crippen LogP contribution in [-0.2, 0) is 4.74 Å². The van der Waals surface area contributed by atoms with Crippen LogP contribution in [0.15, 0.2) is 30.3 Å². The standard InChI is InChI=1S/C33H47NO2/c1-30(2)24(21-8-10-22(11-9-21)29(35)36-5)14-18-32(4)27(30)16-19-31(3)25-15-20-33(34)17-6-7-26(33)23(25)12-13-28(31)32/h8-11,14,23,25-28H,6-7,12-13,15-20,34H2,1-5H3. The summed E-state index contributed by atoms with van der Waals surface area (Å²) in [5, 5.41) is 0. The molecule has 5 aliphatic rings. The second kappa shape index (κ2) is 8.19. The Morgan fingerprint density at radius 1 is 0.861 bits per heavy atom. The van der Waals surface area contributed by atoms with Crippen LogP contribution in [0.2, 0.25) is 0 Å². The minimum Gasteiger partial charge on any atom is -0.465 e. The molecule has 8 atom stereocenters. The molecule has 36 heavy (non-hydrogen) atoms. The molecule has 3 heteroatoms. The van der Waals surface area contributed by atoms with E-state index < -0.39 is 0 Å². The van der Waals surface area contributed by atoms with Gasteiger partial charge in [-0.3, -0.25) is 0 Å². The molecule has 0 saturated heterocycles. The van der Waals surface area contributed by atoms with Crippen molar-refractivity contribution in [1.82, 2.24) is 0 Å². The molecule has 6 rings (SSSR count). The van der Waals surface area contributed by atoms with Gasteiger partial charge in [0.2, 0.25) is 0 Å². The molecule has 2 N–H and O–H groups in total. The molecule has 3 nitrogen and oxygen atoms in total. The van der Waals surface area contributed by atoms with Crippen molar-refractivity contribution in [3.63, 3.8) is 0 Å². The number of rotatable bonds is 2. The average Bonchev–Trinajstić information content (AvgIpc) is 3.25. The Labute approximate surface area is 218 Å². The molecule has 4 saturated carbocycles. The predicted octanol–water partition coefficient (Wildman–Crippen LogP) is 7.64. The summed E-state index contributed by atoms with van der Waals surface area (Å²) >= 11 is 0.